The summed E-state index contributed by atoms with van der Waals surface area (Å²) < 4.78 is 0. The third-order valence-corrected chi connectivity index (χ3v) is 5.16. The fourth-order valence-electron chi connectivity index (χ4n) is 4.23. The first kappa shape index (κ1) is 13.5. The van der Waals surface area contributed by atoms with Gasteiger partial charge in [-0.1, -0.05) is 31.4 Å². The third-order valence-electron chi connectivity index (χ3n) is 5.16. The molecule has 0 heterocycles. The molecule has 0 aromatic heterocycles. The Bertz CT molecular complexity index is 503. The molecule has 0 aliphatic heterocycles. The minimum absolute atomic E-state index is 0.0867. The zero-order valence-electron chi connectivity index (χ0n) is 11.7. The largest absolute Gasteiger partial charge is 0.508 e. The number of phenols is 1. The van der Waals surface area contributed by atoms with Gasteiger partial charge in [-0.2, -0.15) is 0 Å². The van der Waals surface area contributed by atoms with E-state index in [0.717, 1.165) is 24.0 Å². The second-order valence-electron chi connectivity index (χ2n) is 6.25. The highest BCUT2D eigenvalue weighted by Crippen LogP contribution is 2.47. The standard InChI is InChI=1S/C17H22O3/c18-15-8-4-7-13-12(15)9-10-14(17(19)20)16(13)11-5-2-1-3-6-11/h4,7-8,11,14,16,18H,1-3,5-6,9-10H2,(H,19,20). The molecule has 3 nitrogen and oxygen atoms in total. The summed E-state index contributed by atoms with van der Waals surface area (Å²) >= 11 is 0. The molecule has 0 bridgehead atoms. The van der Waals surface area contributed by atoms with Crippen molar-refractivity contribution >= 4 is 5.97 Å². The maximum absolute atomic E-state index is 11.6. The fourth-order valence-corrected chi connectivity index (χ4v) is 4.23. The number of benzene rings is 1. The number of hydrogen-bond acceptors (Lipinski definition) is 2. The average molecular weight is 274 g/mol. The van der Waals surface area contributed by atoms with Gasteiger partial charge >= 0.3 is 5.97 Å². The maximum atomic E-state index is 11.6. The molecule has 2 N–H and O–H groups in total. The Labute approximate surface area is 119 Å². The summed E-state index contributed by atoms with van der Waals surface area (Å²) in [6, 6.07) is 5.61. The van der Waals surface area contributed by atoms with E-state index in [1.807, 2.05) is 12.1 Å². The van der Waals surface area contributed by atoms with Crippen LogP contribution in [0.1, 0.15) is 55.6 Å². The van der Waals surface area contributed by atoms with Crippen molar-refractivity contribution in [1.29, 1.82) is 0 Å². The van der Waals surface area contributed by atoms with E-state index < -0.39 is 5.97 Å². The van der Waals surface area contributed by atoms with E-state index in [9.17, 15) is 15.0 Å². The number of fused-ring (bicyclic) bond motifs is 1. The highest BCUT2D eigenvalue weighted by Gasteiger charge is 2.40. The quantitative estimate of drug-likeness (QED) is 0.864. The highest BCUT2D eigenvalue weighted by atomic mass is 16.4. The van der Waals surface area contributed by atoms with Gasteiger partial charge in [-0.3, -0.25) is 4.79 Å². The summed E-state index contributed by atoms with van der Waals surface area (Å²) in [7, 11) is 0. The summed E-state index contributed by atoms with van der Waals surface area (Å²) in [5, 5.41) is 19.6. The molecule has 0 amide bonds. The van der Waals surface area contributed by atoms with Crippen molar-refractivity contribution in [2.45, 2.75) is 50.9 Å². The average Bonchev–Trinajstić information content (AvgIpc) is 2.47. The Kier molecular flexibility index (Phi) is 3.68. The topological polar surface area (TPSA) is 57.5 Å². The van der Waals surface area contributed by atoms with Gasteiger partial charge in [0.1, 0.15) is 5.75 Å². The van der Waals surface area contributed by atoms with E-state index in [2.05, 4.69) is 0 Å². The van der Waals surface area contributed by atoms with Crippen LogP contribution in [-0.2, 0) is 11.2 Å². The molecule has 1 aromatic carbocycles. The molecule has 0 saturated heterocycles. The van der Waals surface area contributed by atoms with Crippen LogP contribution in [0.15, 0.2) is 18.2 Å². The van der Waals surface area contributed by atoms with Crippen molar-refractivity contribution in [1.82, 2.24) is 0 Å². The molecule has 0 radical (unpaired) electrons. The van der Waals surface area contributed by atoms with Crippen LogP contribution in [0.25, 0.3) is 0 Å². The first-order valence-corrected chi connectivity index (χ1v) is 7.72. The van der Waals surface area contributed by atoms with Crippen LogP contribution in [0.3, 0.4) is 0 Å². The van der Waals surface area contributed by atoms with E-state index in [1.165, 1.54) is 19.3 Å². The van der Waals surface area contributed by atoms with Gasteiger partial charge in [0.2, 0.25) is 0 Å². The highest BCUT2D eigenvalue weighted by molar-refractivity contribution is 5.72. The minimum atomic E-state index is -0.672. The second kappa shape index (κ2) is 5.47. The number of hydrogen-bond donors (Lipinski definition) is 2. The van der Waals surface area contributed by atoms with Crippen molar-refractivity contribution in [2.24, 2.45) is 11.8 Å². The fraction of sp³-hybridized carbons (Fsp3) is 0.588. The monoisotopic (exact) mass is 274 g/mol. The van der Waals surface area contributed by atoms with Gasteiger partial charge < -0.3 is 10.2 Å². The van der Waals surface area contributed by atoms with Gasteiger partial charge in [0.25, 0.3) is 0 Å². The predicted molar refractivity (Wildman–Crippen MR) is 76.9 cm³/mol. The molecular formula is C17H22O3. The summed E-state index contributed by atoms with van der Waals surface area (Å²) in [6.07, 6.45) is 7.29. The van der Waals surface area contributed by atoms with E-state index in [4.69, 9.17) is 0 Å². The lowest BCUT2D eigenvalue weighted by atomic mass is 9.65. The van der Waals surface area contributed by atoms with Crippen LogP contribution < -0.4 is 0 Å². The molecule has 20 heavy (non-hydrogen) atoms. The third kappa shape index (κ3) is 2.30. The molecule has 2 atom stereocenters. The summed E-state index contributed by atoms with van der Waals surface area (Å²) in [6.45, 7) is 0. The van der Waals surface area contributed by atoms with Gasteiger partial charge in [0, 0.05) is 5.92 Å². The van der Waals surface area contributed by atoms with Crippen molar-refractivity contribution in [3.05, 3.63) is 29.3 Å². The molecule has 1 saturated carbocycles. The van der Waals surface area contributed by atoms with Crippen LogP contribution in [0.4, 0.5) is 0 Å². The van der Waals surface area contributed by atoms with Gasteiger partial charge in [-0.25, -0.2) is 0 Å². The number of aliphatic carboxylic acids is 1. The Morgan fingerprint density at radius 3 is 2.55 bits per heavy atom. The van der Waals surface area contributed by atoms with Gasteiger partial charge in [-0.15, -0.1) is 0 Å². The predicted octanol–water partition coefficient (Wildman–Crippen LogP) is 3.70. The lowest BCUT2D eigenvalue weighted by molar-refractivity contribution is -0.143. The lowest BCUT2D eigenvalue weighted by Crippen LogP contribution is -2.33. The van der Waals surface area contributed by atoms with E-state index in [0.29, 0.717) is 24.5 Å². The first-order valence-electron chi connectivity index (χ1n) is 7.72. The van der Waals surface area contributed by atoms with E-state index in [-0.39, 0.29) is 11.8 Å². The zero-order chi connectivity index (χ0) is 14.1. The van der Waals surface area contributed by atoms with E-state index in [1.54, 1.807) is 6.07 Å². The number of aromatic hydroxyl groups is 1. The van der Waals surface area contributed by atoms with E-state index >= 15 is 0 Å². The zero-order valence-corrected chi connectivity index (χ0v) is 11.7. The molecule has 1 aromatic rings. The summed E-state index contributed by atoms with van der Waals surface area (Å²) in [4.78, 5) is 11.6. The maximum Gasteiger partial charge on any atom is 0.307 e. The summed E-state index contributed by atoms with van der Waals surface area (Å²) in [5.41, 5.74) is 2.08. The molecule has 2 aliphatic carbocycles. The molecule has 2 unspecified atom stereocenters. The molecule has 3 heteroatoms. The smallest absolute Gasteiger partial charge is 0.307 e. The first-order chi connectivity index (χ1) is 9.68. The van der Waals surface area contributed by atoms with Crippen molar-refractivity contribution in [2.75, 3.05) is 0 Å². The molecule has 2 aliphatic rings. The number of carboxylic acids is 1. The number of phenolic OH excluding ortho intramolecular Hbond substituents is 1. The van der Waals surface area contributed by atoms with Crippen LogP contribution >= 0.6 is 0 Å². The number of rotatable bonds is 2. The minimum Gasteiger partial charge on any atom is -0.508 e. The van der Waals surface area contributed by atoms with Crippen molar-refractivity contribution in [3.63, 3.8) is 0 Å². The Morgan fingerprint density at radius 1 is 1.10 bits per heavy atom. The molecule has 0 spiro atoms. The molecule has 3 rings (SSSR count). The Hall–Kier alpha value is -1.51. The van der Waals surface area contributed by atoms with Crippen LogP contribution in [0, 0.1) is 11.8 Å². The molecule has 1 fully saturated rings. The number of carboxylic acid groups (broad SMARTS) is 1. The van der Waals surface area contributed by atoms with Crippen LogP contribution in [-0.4, -0.2) is 16.2 Å². The summed E-state index contributed by atoms with van der Waals surface area (Å²) in [5.74, 6) is -0.0662. The van der Waals surface area contributed by atoms with Gasteiger partial charge in [0.05, 0.1) is 5.92 Å². The Morgan fingerprint density at radius 2 is 1.85 bits per heavy atom. The lowest BCUT2D eigenvalue weighted by Gasteiger charge is -2.38. The van der Waals surface area contributed by atoms with Gasteiger partial charge in [0.15, 0.2) is 0 Å². The van der Waals surface area contributed by atoms with Crippen LogP contribution in [0.2, 0.25) is 0 Å². The number of carbonyl (C=O) groups is 1. The SMILES string of the molecule is O=C(O)C1CCc2c(O)cccc2C1C1CCCCC1. The normalized spacial score (nSPS) is 27.0. The second-order valence-corrected chi connectivity index (χ2v) is 6.25. The van der Waals surface area contributed by atoms with Gasteiger partial charge in [-0.05, 0) is 48.8 Å². The van der Waals surface area contributed by atoms with Crippen LogP contribution in [0.5, 0.6) is 5.75 Å². The van der Waals surface area contributed by atoms with Crippen molar-refractivity contribution < 1.29 is 15.0 Å². The Balaban J connectivity index is 2.01. The molecule has 108 valence electrons. The molecular weight excluding hydrogens is 252 g/mol. The van der Waals surface area contributed by atoms with Crippen molar-refractivity contribution in [3.8, 4) is 5.75 Å².